The highest BCUT2D eigenvalue weighted by atomic mass is 32.2. The quantitative estimate of drug-likeness (QED) is 0.638. The van der Waals surface area contributed by atoms with E-state index < -0.39 is 24.1 Å². The molecule has 0 aromatic carbocycles. The van der Waals surface area contributed by atoms with E-state index in [1.54, 1.807) is 0 Å². The third kappa shape index (κ3) is 4.84. The smallest absolute Gasteiger partial charge is 0.326 e. The molecule has 116 valence electrons. The molecule has 2 unspecified atom stereocenters. The van der Waals surface area contributed by atoms with Crippen molar-refractivity contribution in [3.05, 3.63) is 0 Å². The Hall–Kier alpha value is -0.990. The molecule has 3 N–H and O–H groups in total. The van der Waals surface area contributed by atoms with Gasteiger partial charge in [-0.15, -0.1) is 0 Å². The molecule has 3 atom stereocenters. The van der Waals surface area contributed by atoms with E-state index in [1.165, 1.54) is 16.7 Å². The normalized spacial score (nSPS) is 24.2. The number of rotatable bonds is 6. The molecule has 1 heterocycles. The molecule has 1 rings (SSSR count). The van der Waals surface area contributed by atoms with Crippen molar-refractivity contribution in [1.29, 1.82) is 0 Å². The summed E-state index contributed by atoms with van der Waals surface area (Å²) in [5.41, 5.74) is 0. The lowest BCUT2D eigenvalue weighted by Crippen LogP contribution is -2.57. The second-order valence-electron chi connectivity index (χ2n) is 4.76. The zero-order valence-electron chi connectivity index (χ0n) is 11.7. The summed E-state index contributed by atoms with van der Waals surface area (Å²) in [6, 6.07) is -1.46. The van der Waals surface area contributed by atoms with Gasteiger partial charge in [-0.25, -0.2) is 9.59 Å². The summed E-state index contributed by atoms with van der Waals surface area (Å²) in [6.45, 7) is 2.26. The number of carboxylic acid groups (broad SMARTS) is 1. The highest BCUT2D eigenvalue weighted by Gasteiger charge is 2.31. The SMILES string of the molecule is CSCC[C@H](NC(=O)N1CC(CO)OCC1C)C(=O)O. The molecule has 0 spiro atoms. The van der Waals surface area contributed by atoms with Crippen molar-refractivity contribution < 1.29 is 24.5 Å². The number of aliphatic hydroxyl groups excluding tert-OH is 1. The number of aliphatic carboxylic acids is 1. The third-order valence-electron chi connectivity index (χ3n) is 3.18. The van der Waals surface area contributed by atoms with Crippen molar-refractivity contribution in [1.82, 2.24) is 10.2 Å². The van der Waals surface area contributed by atoms with Crippen molar-refractivity contribution in [2.24, 2.45) is 0 Å². The van der Waals surface area contributed by atoms with Crippen molar-refractivity contribution in [2.75, 3.05) is 31.8 Å². The summed E-state index contributed by atoms with van der Waals surface area (Å²) in [6.07, 6.45) is 1.85. The Morgan fingerprint density at radius 1 is 1.55 bits per heavy atom. The van der Waals surface area contributed by atoms with Crippen molar-refractivity contribution >= 4 is 23.8 Å². The fraction of sp³-hybridized carbons (Fsp3) is 0.833. The molecule has 1 saturated heterocycles. The minimum absolute atomic E-state index is 0.146. The predicted octanol–water partition coefficient (Wildman–Crippen LogP) is -0.0161. The highest BCUT2D eigenvalue weighted by Crippen LogP contribution is 2.12. The average molecular weight is 306 g/mol. The molecule has 1 fully saturated rings. The number of carbonyl (C=O) groups excluding carboxylic acids is 1. The first-order valence-corrected chi connectivity index (χ1v) is 7.90. The molecule has 0 radical (unpaired) electrons. The van der Waals surface area contributed by atoms with Gasteiger partial charge in [-0.1, -0.05) is 0 Å². The molecule has 1 aliphatic heterocycles. The van der Waals surface area contributed by atoms with Gasteiger partial charge in [0.05, 0.1) is 31.9 Å². The van der Waals surface area contributed by atoms with Crippen LogP contribution in [-0.2, 0) is 9.53 Å². The molecule has 0 bridgehead atoms. The molecule has 8 heteroatoms. The Balaban J connectivity index is 2.59. The molecule has 1 aliphatic rings. The van der Waals surface area contributed by atoms with Gasteiger partial charge in [0, 0.05) is 0 Å². The maximum atomic E-state index is 12.2. The number of hydrogen-bond donors (Lipinski definition) is 3. The highest BCUT2D eigenvalue weighted by molar-refractivity contribution is 7.98. The van der Waals surface area contributed by atoms with Gasteiger partial charge < -0.3 is 25.2 Å². The second-order valence-corrected chi connectivity index (χ2v) is 5.75. The number of aliphatic hydroxyl groups is 1. The lowest BCUT2D eigenvalue weighted by molar-refractivity contribution is -0.139. The molecule has 0 aromatic rings. The van der Waals surface area contributed by atoms with E-state index in [2.05, 4.69) is 5.32 Å². The standard InChI is InChI=1S/C12H22N2O5S/c1-8-7-19-9(6-15)5-14(8)12(18)13-10(11(16)17)3-4-20-2/h8-10,15H,3-7H2,1-2H3,(H,13,18)(H,16,17)/t8?,9?,10-/m0/s1. The third-order valence-corrected chi connectivity index (χ3v) is 3.82. The maximum absolute atomic E-state index is 12.2. The topological polar surface area (TPSA) is 99.1 Å². The second kappa shape index (κ2) is 8.33. The monoisotopic (exact) mass is 306 g/mol. The van der Waals surface area contributed by atoms with Crippen LogP contribution in [0.1, 0.15) is 13.3 Å². The maximum Gasteiger partial charge on any atom is 0.326 e. The van der Waals surface area contributed by atoms with Crippen molar-refractivity contribution in [3.8, 4) is 0 Å². The van der Waals surface area contributed by atoms with Crippen LogP contribution >= 0.6 is 11.8 Å². The average Bonchev–Trinajstić information content (AvgIpc) is 2.43. The number of thioether (sulfide) groups is 1. The van der Waals surface area contributed by atoms with E-state index in [1.807, 2.05) is 13.2 Å². The fourth-order valence-electron chi connectivity index (χ4n) is 1.94. The predicted molar refractivity (Wildman–Crippen MR) is 75.9 cm³/mol. The Kier molecular flexibility index (Phi) is 7.11. The van der Waals surface area contributed by atoms with E-state index >= 15 is 0 Å². The van der Waals surface area contributed by atoms with Gasteiger partial charge in [-0.05, 0) is 25.4 Å². The Labute approximate surface area is 122 Å². The zero-order chi connectivity index (χ0) is 15.1. The van der Waals surface area contributed by atoms with E-state index in [-0.39, 0.29) is 19.2 Å². The van der Waals surface area contributed by atoms with E-state index in [9.17, 15) is 9.59 Å². The number of nitrogens with one attached hydrogen (secondary N) is 1. The largest absolute Gasteiger partial charge is 0.480 e. The van der Waals surface area contributed by atoms with Crippen LogP contribution in [-0.4, -0.2) is 77.1 Å². The minimum atomic E-state index is -1.04. The Morgan fingerprint density at radius 3 is 2.80 bits per heavy atom. The minimum Gasteiger partial charge on any atom is -0.480 e. The number of urea groups is 1. The van der Waals surface area contributed by atoms with Crippen LogP contribution in [0.25, 0.3) is 0 Å². The first-order chi connectivity index (χ1) is 9.49. The lowest BCUT2D eigenvalue weighted by Gasteiger charge is -2.37. The first-order valence-electron chi connectivity index (χ1n) is 6.51. The van der Waals surface area contributed by atoms with Gasteiger partial charge in [0.25, 0.3) is 0 Å². The van der Waals surface area contributed by atoms with Crippen molar-refractivity contribution in [3.63, 3.8) is 0 Å². The fourth-order valence-corrected chi connectivity index (χ4v) is 2.41. The Morgan fingerprint density at radius 2 is 2.25 bits per heavy atom. The molecule has 7 nitrogen and oxygen atoms in total. The van der Waals surface area contributed by atoms with Gasteiger partial charge in [-0.3, -0.25) is 0 Å². The van der Waals surface area contributed by atoms with Crippen LogP contribution in [0.3, 0.4) is 0 Å². The summed E-state index contributed by atoms with van der Waals surface area (Å²) in [7, 11) is 0. The summed E-state index contributed by atoms with van der Waals surface area (Å²) in [5.74, 6) is -0.373. The van der Waals surface area contributed by atoms with Crippen LogP contribution in [0.4, 0.5) is 4.79 Å². The lowest BCUT2D eigenvalue weighted by atomic mass is 10.2. The number of hydrogen-bond acceptors (Lipinski definition) is 5. The number of ether oxygens (including phenoxy) is 1. The molecular weight excluding hydrogens is 284 g/mol. The van der Waals surface area contributed by atoms with Crippen LogP contribution in [0.15, 0.2) is 0 Å². The molecular formula is C12H22N2O5S. The molecule has 2 amide bonds. The van der Waals surface area contributed by atoms with Gasteiger partial charge in [0.2, 0.25) is 0 Å². The van der Waals surface area contributed by atoms with Gasteiger partial charge >= 0.3 is 12.0 Å². The number of nitrogens with zero attached hydrogens (tertiary/aromatic N) is 1. The zero-order valence-corrected chi connectivity index (χ0v) is 12.6. The van der Waals surface area contributed by atoms with Crippen LogP contribution in [0, 0.1) is 0 Å². The summed E-state index contributed by atoms with van der Waals surface area (Å²) < 4.78 is 5.35. The van der Waals surface area contributed by atoms with Crippen molar-refractivity contribution in [2.45, 2.75) is 31.5 Å². The first kappa shape index (κ1) is 17.1. The van der Waals surface area contributed by atoms with Gasteiger partial charge in [0.15, 0.2) is 0 Å². The van der Waals surface area contributed by atoms with Crippen LogP contribution in [0.2, 0.25) is 0 Å². The van der Waals surface area contributed by atoms with Gasteiger partial charge in [-0.2, -0.15) is 11.8 Å². The number of carboxylic acids is 1. The molecule has 0 saturated carbocycles. The molecule has 0 aromatic heterocycles. The molecule has 0 aliphatic carbocycles. The molecule has 20 heavy (non-hydrogen) atoms. The summed E-state index contributed by atoms with van der Waals surface area (Å²) >= 11 is 1.53. The number of amides is 2. The van der Waals surface area contributed by atoms with Crippen LogP contribution in [0.5, 0.6) is 0 Å². The Bertz CT molecular complexity index is 342. The number of carbonyl (C=O) groups is 2. The summed E-state index contributed by atoms with van der Waals surface area (Å²) in [4.78, 5) is 24.8. The van der Waals surface area contributed by atoms with E-state index in [4.69, 9.17) is 14.9 Å². The van der Waals surface area contributed by atoms with Gasteiger partial charge in [0.1, 0.15) is 6.04 Å². The number of morpholine rings is 1. The van der Waals surface area contributed by atoms with E-state index in [0.717, 1.165) is 0 Å². The van der Waals surface area contributed by atoms with E-state index in [0.29, 0.717) is 18.8 Å². The summed E-state index contributed by atoms with van der Waals surface area (Å²) in [5, 5.41) is 20.7. The van der Waals surface area contributed by atoms with Crippen LogP contribution < -0.4 is 5.32 Å².